The first-order valence-corrected chi connectivity index (χ1v) is 7.41. The van der Waals surface area contributed by atoms with Gasteiger partial charge in [0, 0.05) is 23.2 Å². The maximum Gasteiger partial charge on any atom is 0.0720 e. The lowest BCUT2D eigenvalue weighted by Crippen LogP contribution is -2.45. The van der Waals surface area contributed by atoms with Crippen molar-refractivity contribution in [1.82, 2.24) is 9.88 Å². The molecule has 1 unspecified atom stereocenters. The number of pyridine rings is 1. The van der Waals surface area contributed by atoms with Gasteiger partial charge in [-0.25, -0.2) is 0 Å². The van der Waals surface area contributed by atoms with E-state index in [-0.39, 0.29) is 0 Å². The highest BCUT2D eigenvalue weighted by Gasteiger charge is 2.25. The van der Waals surface area contributed by atoms with Crippen LogP contribution in [0.1, 0.15) is 26.3 Å². The Bertz CT molecular complexity index is 591. The Morgan fingerprint density at radius 2 is 1.95 bits per heavy atom. The predicted molar refractivity (Wildman–Crippen MR) is 86.1 cm³/mol. The van der Waals surface area contributed by atoms with Crippen LogP contribution in [0, 0.1) is 0 Å². The standard InChI is InChI=1S/C16H22ClN3/c1-4-20(5-2)11-16(3,18)14-8-9-19-15-10-12(17)6-7-13(14)15/h6-10H,4-5,11,18H2,1-3H3. The summed E-state index contributed by atoms with van der Waals surface area (Å²) in [6.45, 7) is 9.21. The van der Waals surface area contributed by atoms with Gasteiger partial charge >= 0.3 is 0 Å². The highest BCUT2D eigenvalue weighted by atomic mass is 35.5. The van der Waals surface area contributed by atoms with Gasteiger partial charge < -0.3 is 10.6 Å². The second kappa shape index (κ2) is 6.08. The van der Waals surface area contributed by atoms with Crippen molar-refractivity contribution in [1.29, 1.82) is 0 Å². The number of nitrogens with zero attached hydrogens (tertiary/aromatic N) is 2. The van der Waals surface area contributed by atoms with Crippen LogP contribution < -0.4 is 5.73 Å². The van der Waals surface area contributed by atoms with Crippen LogP contribution >= 0.6 is 11.6 Å². The quantitative estimate of drug-likeness (QED) is 0.918. The Kier molecular flexibility index (Phi) is 4.63. The molecule has 1 aromatic heterocycles. The number of rotatable bonds is 5. The van der Waals surface area contributed by atoms with Crippen LogP contribution in [-0.2, 0) is 5.54 Å². The van der Waals surface area contributed by atoms with E-state index in [4.69, 9.17) is 17.3 Å². The van der Waals surface area contributed by atoms with Gasteiger partial charge in [-0.15, -0.1) is 0 Å². The third-order valence-electron chi connectivity index (χ3n) is 3.77. The largest absolute Gasteiger partial charge is 0.321 e. The summed E-state index contributed by atoms with van der Waals surface area (Å²) < 4.78 is 0. The summed E-state index contributed by atoms with van der Waals surface area (Å²) in [5.41, 5.74) is 8.19. The van der Waals surface area contributed by atoms with Crippen molar-refractivity contribution in [3.63, 3.8) is 0 Å². The average Bonchev–Trinajstić information content (AvgIpc) is 2.43. The molecule has 0 saturated carbocycles. The Hall–Kier alpha value is -1.16. The minimum absolute atomic E-state index is 0.416. The monoisotopic (exact) mass is 291 g/mol. The zero-order valence-electron chi connectivity index (χ0n) is 12.4. The molecule has 2 N–H and O–H groups in total. The van der Waals surface area contributed by atoms with Gasteiger partial charge in [0.15, 0.2) is 0 Å². The zero-order valence-corrected chi connectivity index (χ0v) is 13.1. The van der Waals surface area contributed by atoms with Crippen LogP contribution in [0.2, 0.25) is 5.02 Å². The smallest absolute Gasteiger partial charge is 0.0720 e. The summed E-state index contributed by atoms with van der Waals surface area (Å²) in [5, 5.41) is 1.78. The SMILES string of the molecule is CCN(CC)CC(C)(N)c1ccnc2cc(Cl)ccc12. The van der Waals surface area contributed by atoms with Gasteiger partial charge in [-0.3, -0.25) is 4.98 Å². The van der Waals surface area contributed by atoms with Crippen LogP contribution in [0.3, 0.4) is 0 Å². The summed E-state index contributed by atoms with van der Waals surface area (Å²) in [6, 6.07) is 7.80. The molecule has 0 bridgehead atoms. The second-order valence-electron chi connectivity index (χ2n) is 5.40. The summed E-state index contributed by atoms with van der Waals surface area (Å²) in [6.07, 6.45) is 1.81. The number of halogens is 1. The van der Waals surface area contributed by atoms with Gasteiger partial charge in [-0.1, -0.05) is 31.5 Å². The fraction of sp³-hybridized carbons (Fsp3) is 0.438. The molecule has 108 valence electrons. The molecule has 0 radical (unpaired) electrons. The van der Waals surface area contributed by atoms with E-state index in [1.165, 1.54) is 0 Å². The molecule has 2 aromatic rings. The fourth-order valence-electron chi connectivity index (χ4n) is 2.62. The molecule has 3 nitrogen and oxygen atoms in total. The normalized spacial score (nSPS) is 14.7. The van der Waals surface area contributed by atoms with Crippen LogP contribution in [0.15, 0.2) is 30.5 Å². The van der Waals surface area contributed by atoms with E-state index in [2.05, 4.69) is 30.7 Å². The first-order chi connectivity index (χ1) is 9.47. The molecule has 0 saturated heterocycles. The predicted octanol–water partition coefficient (Wildman–Crippen LogP) is 3.40. The molecule has 1 aromatic carbocycles. The Morgan fingerprint density at radius 1 is 1.25 bits per heavy atom. The average molecular weight is 292 g/mol. The van der Waals surface area contributed by atoms with E-state index in [0.717, 1.165) is 36.1 Å². The summed E-state index contributed by atoms with van der Waals surface area (Å²) in [5.74, 6) is 0. The first-order valence-electron chi connectivity index (χ1n) is 7.04. The van der Waals surface area contributed by atoms with E-state index >= 15 is 0 Å². The molecule has 2 rings (SSSR count). The number of hydrogen-bond donors (Lipinski definition) is 1. The van der Waals surface area contributed by atoms with Crippen LogP contribution in [0.4, 0.5) is 0 Å². The topological polar surface area (TPSA) is 42.1 Å². The molecule has 1 atom stereocenters. The van der Waals surface area contributed by atoms with Crippen LogP contribution in [-0.4, -0.2) is 29.5 Å². The molecular weight excluding hydrogens is 270 g/mol. The highest BCUT2D eigenvalue weighted by molar-refractivity contribution is 6.31. The molecule has 0 aliphatic carbocycles. The van der Waals surface area contributed by atoms with Crippen LogP contribution in [0.25, 0.3) is 10.9 Å². The first kappa shape index (κ1) is 15.2. The lowest BCUT2D eigenvalue weighted by Gasteiger charge is -2.32. The maximum atomic E-state index is 6.59. The molecule has 1 heterocycles. The van der Waals surface area contributed by atoms with E-state index in [1.807, 2.05) is 24.3 Å². The molecular formula is C16H22ClN3. The minimum atomic E-state index is -0.416. The Labute approximate surface area is 125 Å². The Balaban J connectivity index is 2.45. The lowest BCUT2D eigenvalue weighted by molar-refractivity contribution is 0.238. The zero-order chi connectivity index (χ0) is 14.8. The van der Waals surface area contributed by atoms with E-state index in [9.17, 15) is 0 Å². The fourth-order valence-corrected chi connectivity index (χ4v) is 2.78. The number of benzene rings is 1. The van der Waals surface area contributed by atoms with Gasteiger partial charge in [0.2, 0.25) is 0 Å². The lowest BCUT2D eigenvalue weighted by atomic mass is 9.90. The third-order valence-corrected chi connectivity index (χ3v) is 4.00. The number of likely N-dealkylation sites (N-methyl/N-ethyl adjacent to an activating group) is 1. The van der Waals surface area contributed by atoms with Gasteiger partial charge in [-0.05, 0) is 43.8 Å². The highest BCUT2D eigenvalue weighted by Crippen LogP contribution is 2.28. The number of hydrogen-bond acceptors (Lipinski definition) is 3. The summed E-state index contributed by atoms with van der Waals surface area (Å²) in [4.78, 5) is 6.72. The van der Waals surface area contributed by atoms with Crippen molar-refractivity contribution >= 4 is 22.5 Å². The minimum Gasteiger partial charge on any atom is -0.321 e. The van der Waals surface area contributed by atoms with E-state index in [0.29, 0.717) is 5.02 Å². The Morgan fingerprint density at radius 3 is 2.60 bits per heavy atom. The number of nitrogens with two attached hydrogens (primary N) is 1. The molecule has 4 heteroatoms. The second-order valence-corrected chi connectivity index (χ2v) is 5.84. The number of aromatic nitrogens is 1. The van der Waals surface area contributed by atoms with Gasteiger partial charge in [-0.2, -0.15) is 0 Å². The number of fused-ring (bicyclic) bond motifs is 1. The molecule has 0 aliphatic heterocycles. The van der Waals surface area contributed by atoms with Crippen molar-refractivity contribution in [2.75, 3.05) is 19.6 Å². The van der Waals surface area contributed by atoms with Crippen molar-refractivity contribution < 1.29 is 0 Å². The molecule has 20 heavy (non-hydrogen) atoms. The van der Waals surface area contributed by atoms with Crippen molar-refractivity contribution in [2.45, 2.75) is 26.3 Å². The van der Waals surface area contributed by atoms with Crippen molar-refractivity contribution in [3.05, 3.63) is 41.0 Å². The van der Waals surface area contributed by atoms with Crippen molar-refractivity contribution in [2.24, 2.45) is 5.73 Å². The molecule has 0 amide bonds. The van der Waals surface area contributed by atoms with Crippen LogP contribution in [0.5, 0.6) is 0 Å². The molecule has 0 aliphatic rings. The van der Waals surface area contributed by atoms with E-state index in [1.54, 1.807) is 6.20 Å². The summed E-state index contributed by atoms with van der Waals surface area (Å²) in [7, 11) is 0. The molecule has 0 spiro atoms. The van der Waals surface area contributed by atoms with Gasteiger partial charge in [0.25, 0.3) is 0 Å². The van der Waals surface area contributed by atoms with Gasteiger partial charge in [0.05, 0.1) is 11.1 Å². The van der Waals surface area contributed by atoms with Gasteiger partial charge in [0.1, 0.15) is 0 Å². The molecule has 0 fully saturated rings. The third kappa shape index (κ3) is 3.11. The van der Waals surface area contributed by atoms with E-state index < -0.39 is 5.54 Å². The van der Waals surface area contributed by atoms with Crippen molar-refractivity contribution in [3.8, 4) is 0 Å². The summed E-state index contributed by atoms with van der Waals surface area (Å²) >= 11 is 6.04. The maximum absolute atomic E-state index is 6.59.